The van der Waals surface area contributed by atoms with Gasteiger partial charge in [0.25, 0.3) is 0 Å². The monoisotopic (exact) mass is 292 g/mol. The van der Waals surface area contributed by atoms with Crippen LogP contribution < -0.4 is 15.2 Å². The summed E-state index contributed by atoms with van der Waals surface area (Å²) < 4.78 is 10.8. The fraction of sp³-hybridized carbons (Fsp3) is 0.647. The van der Waals surface area contributed by atoms with Gasteiger partial charge in [0.2, 0.25) is 0 Å². The predicted molar refractivity (Wildman–Crippen MR) is 87.2 cm³/mol. The molecule has 1 unspecified atom stereocenters. The molecular weight excluding hydrogens is 264 g/mol. The number of nitrogen functional groups attached to an aromatic ring is 1. The number of methoxy groups -OCH3 is 2. The first-order valence-corrected chi connectivity index (χ1v) is 7.90. The van der Waals surface area contributed by atoms with Gasteiger partial charge < -0.3 is 20.1 Å². The number of anilines is 1. The van der Waals surface area contributed by atoms with Crippen LogP contribution in [-0.4, -0.2) is 38.3 Å². The van der Waals surface area contributed by atoms with E-state index in [-0.39, 0.29) is 0 Å². The zero-order valence-electron chi connectivity index (χ0n) is 13.5. The number of piperidine rings is 1. The van der Waals surface area contributed by atoms with Gasteiger partial charge in [0, 0.05) is 23.4 Å². The topological polar surface area (TPSA) is 47.7 Å². The highest BCUT2D eigenvalue weighted by Crippen LogP contribution is 2.34. The summed E-state index contributed by atoms with van der Waals surface area (Å²) in [5.41, 5.74) is 7.82. The Morgan fingerprint density at radius 2 is 2.05 bits per heavy atom. The summed E-state index contributed by atoms with van der Waals surface area (Å²) in [6, 6.07) is 4.53. The molecule has 0 bridgehead atoms. The Morgan fingerprint density at radius 1 is 1.24 bits per heavy atom. The van der Waals surface area contributed by atoms with Crippen LogP contribution in [0.2, 0.25) is 0 Å². The Balaban J connectivity index is 1.97. The van der Waals surface area contributed by atoms with E-state index in [1.807, 2.05) is 12.1 Å². The Kier molecular flexibility index (Phi) is 5.74. The number of rotatable bonds is 6. The molecule has 1 aromatic carbocycles. The highest BCUT2D eigenvalue weighted by molar-refractivity contribution is 5.57. The van der Waals surface area contributed by atoms with Crippen molar-refractivity contribution < 1.29 is 9.47 Å². The molecule has 0 saturated carbocycles. The van der Waals surface area contributed by atoms with Crippen molar-refractivity contribution in [2.75, 3.05) is 33.0 Å². The summed E-state index contributed by atoms with van der Waals surface area (Å²) in [6.07, 6.45) is 6.12. The minimum absolute atomic E-state index is 0.719. The molecule has 118 valence electrons. The minimum Gasteiger partial charge on any atom is -0.493 e. The van der Waals surface area contributed by atoms with E-state index in [0.717, 1.165) is 48.2 Å². The molecule has 1 atom stereocenters. The first-order valence-electron chi connectivity index (χ1n) is 7.90. The van der Waals surface area contributed by atoms with E-state index in [4.69, 9.17) is 15.2 Å². The van der Waals surface area contributed by atoms with Crippen LogP contribution in [0.25, 0.3) is 0 Å². The van der Waals surface area contributed by atoms with Crippen molar-refractivity contribution in [3.05, 3.63) is 17.7 Å². The molecule has 0 amide bonds. The molecule has 1 aliphatic rings. The molecule has 1 heterocycles. The second-order valence-electron chi connectivity index (χ2n) is 5.90. The predicted octanol–water partition coefficient (Wildman–Crippen LogP) is 3.09. The summed E-state index contributed by atoms with van der Waals surface area (Å²) in [5, 5.41) is 0. The highest BCUT2D eigenvalue weighted by atomic mass is 16.5. The number of nitrogens with two attached hydrogens (primary N) is 1. The largest absolute Gasteiger partial charge is 0.493 e. The maximum Gasteiger partial charge on any atom is 0.164 e. The Hall–Kier alpha value is -1.42. The van der Waals surface area contributed by atoms with Crippen LogP contribution in [0.3, 0.4) is 0 Å². The van der Waals surface area contributed by atoms with Gasteiger partial charge in [-0.2, -0.15) is 0 Å². The fourth-order valence-corrected chi connectivity index (χ4v) is 3.21. The second kappa shape index (κ2) is 7.55. The standard InChI is InChI=1S/C17H28N2O2/c1-13-7-4-5-9-19(13)10-6-8-14-11-15(18)12-16(20-2)17(14)21-3/h11-13H,4-10,18H2,1-3H3. The Labute approximate surface area is 128 Å². The Morgan fingerprint density at radius 3 is 2.71 bits per heavy atom. The van der Waals surface area contributed by atoms with Crippen molar-refractivity contribution in [3.63, 3.8) is 0 Å². The first-order chi connectivity index (χ1) is 10.2. The molecule has 4 nitrogen and oxygen atoms in total. The van der Waals surface area contributed by atoms with Gasteiger partial charge in [-0.1, -0.05) is 6.42 Å². The van der Waals surface area contributed by atoms with Gasteiger partial charge in [-0.05, 0) is 51.8 Å². The van der Waals surface area contributed by atoms with Gasteiger partial charge in [0.05, 0.1) is 14.2 Å². The molecule has 1 aromatic rings. The zero-order chi connectivity index (χ0) is 15.2. The molecule has 2 N–H and O–H groups in total. The molecule has 0 aromatic heterocycles. The Bertz CT molecular complexity index is 462. The van der Waals surface area contributed by atoms with Crippen LogP contribution in [-0.2, 0) is 6.42 Å². The summed E-state index contributed by atoms with van der Waals surface area (Å²) >= 11 is 0. The number of nitrogens with zero attached hydrogens (tertiary/aromatic N) is 1. The second-order valence-corrected chi connectivity index (χ2v) is 5.90. The van der Waals surface area contributed by atoms with Gasteiger partial charge >= 0.3 is 0 Å². The van der Waals surface area contributed by atoms with Crippen molar-refractivity contribution in [3.8, 4) is 11.5 Å². The molecular formula is C17H28N2O2. The fourth-order valence-electron chi connectivity index (χ4n) is 3.21. The van der Waals surface area contributed by atoms with E-state index in [0.29, 0.717) is 0 Å². The molecule has 21 heavy (non-hydrogen) atoms. The lowest BCUT2D eigenvalue weighted by molar-refractivity contribution is 0.159. The first kappa shape index (κ1) is 16.0. The van der Waals surface area contributed by atoms with Gasteiger partial charge in [0.1, 0.15) is 0 Å². The van der Waals surface area contributed by atoms with Crippen molar-refractivity contribution in [1.29, 1.82) is 0 Å². The van der Waals surface area contributed by atoms with Gasteiger partial charge in [-0.3, -0.25) is 0 Å². The normalized spacial score (nSPS) is 19.5. The quantitative estimate of drug-likeness (QED) is 0.819. The molecule has 1 fully saturated rings. The minimum atomic E-state index is 0.719. The van der Waals surface area contributed by atoms with Crippen LogP contribution in [0.1, 0.15) is 38.2 Å². The zero-order valence-corrected chi connectivity index (χ0v) is 13.5. The molecule has 1 saturated heterocycles. The summed E-state index contributed by atoms with van der Waals surface area (Å²) in [6.45, 7) is 4.71. The maximum atomic E-state index is 5.95. The van der Waals surface area contributed by atoms with E-state index in [9.17, 15) is 0 Å². The summed E-state index contributed by atoms with van der Waals surface area (Å²) in [7, 11) is 3.33. The average Bonchev–Trinajstić information content (AvgIpc) is 2.48. The molecule has 2 rings (SSSR count). The van der Waals surface area contributed by atoms with Gasteiger partial charge in [0.15, 0.2) is 11.5 Å². The third kappa shape index (κ3) is 4.03. The van der Waals surface area contributed by atoms with Crippen LogP contribution in [0.5, 0.6) is 11.5 Å². The number of aryl methyl sites for hydroxylation is 1. The van der Waals surface area contributed by atoms with Crippen LogP contribution in [0.4, 0.5) is 5.69 Å². The lowest BCUT2D eigenvalue weighted by atomic mass is 10.0. The number of likely N-dealkylation sites (tertiary alicyclic amines) is 1. The maximum absolute atomic E-state index is 5.95. The van der Waals surface area contributed by atoms with E-state index >= 15 is 0 Å². The van der Waals surface area contributed by atoms with Crippen LogP contribution >= 0.6 is 0 Å². The van der Waals surface area contributed by atoms with E-state index in [2.05, 4.69) is 11.8 Å². The smallest absolute Gasteiger partial charge is 0.164 e. The van der Waals surface area contributed by atoms with Crippen molar-refractivity contribution in [2.45, 2.75) is 45.1 Å². The van der Waals surface area contributed by atoms with Crippen molar-refractivity contribution >= 4 is 5.69 Å². The van der Waals surface area contributed by atoms with Crippen molar-refractivity contribution in [2.24, 2.45) is 0 Å². The summed E-state index contributed by atoms with van der Waals surface area (Å²) in [5.74, 6) is 1.54. The molecule has 0 aliphatic carbocycles. The van der Waals surface area contributed by atoms with Gasteiger partial charge in [-0.25, -0.2) is 0 Å². The number of benzene rings is 1. The van der Waals surface area contributed by atoms with E-state index in [1.165, 1.54) is 25.8 Å². The van der Waals surface area contributed by atoms with Gasteiger partial charge in [-0.15, -0.1) is 0 Å². The van der Waals surface area contributed by atoms with E-state index in [1.54, 1.807) is 14.2 Å². The SMILES string of the molecule is COc1cc(N)cc(CCCN2CCCCC2C)c1OC. The number of hydrogen-bond acceptors (Lipinski definition) is 4. The van der Waals surface area contributed by atoms with Crippen molar-refractivity contribution in [1.82, 2.24) is 4.90 Å². The lowest BCUT2D eigenvalue weighted by Gasteiger charge is -2.33. The molecule has 4 heteroatoms. The third-order valence-corrected chi connectivity index (χ3v) is 4.41. The van der Waals surface area contributed by atoms with E-state index < -0.39 is 0 Å². The van der Waals surface area contributed by atoms with Crippen LogP contribution in [0.15, 0.2) is 12.1 Å². The molecule has 1 aliphatic heterocycles. The molecule has 0 spiro atoms. The average molecular weight is 292 g/mol. The number of ether oxygens (including phenoxy) is 2. The third-order valence-electron chi connectivity index (χ3n) is 4.41. The van der Waals surface area contributed by atoms with Crippen LogP contribution in [0, 0.1) is 0 Å². The summed E-state index contributed by atoms with van der Waals surface area (Å²) in [4.78, 5) is 2.60. The number of hydrogen-bond donors (Lipinski definition) is 1. The highest BCUT2D eigenvalue weighted by Gasteiger charge is 2.18. The lowest BCUT2D eigenvalue weighted by Crippen LogP contribution is -2.38. The molecule has 0 radical (unpaired) electrons.